The topological polar surface area (TPSA) is 219 Å². The molecule has 0 bridgehead atoms. The van der Waals surface area contributed by atoms with E-state index in [9.17, 15) is 23.2 Å². The van der Waals surface area contributed by atoms with Crippen molar-refractivity contribution in [3.8, 4) is 45.8 Å². The fourth-order valence-corrected chi connectivity index (χ4v) is 6.74. The molecule has 0 radical (unpaired) electrons. The molecule has 0 amide bonds. The summed E-state index contributed by atoms with van der Waals surface area (Å²) in [4.78, 5) is 54.6. The molecule has 0 saturated heterocycles. The highest BCUT2D eigenvalue weighted by Gasteiger charge is 2.26. The molecule has 0 atom stereocenters. The minimum absolute atomic E-state index is 0.0508. The van der Waals surface area contributed by atoms with Gasteiger partial charge in [-0.05, 0) is 52.0 Å². The Kier molecular flexibility index (Phi) is 12.4. The molecule has 0 aliphatic heterocycles. The summed E-state index contributed by atoms with van der Waals surface area (Å²) in [5.41, 5.74) is 2.62. The largest absolute Gasteiger partial charge is 0.462 e. The summed E-state index contributed by atoms with van der Waals surface area (Å²) in [5, 5.41) is 17.1. The first-order valence-corrected chi connectivity index (χ1v) is 20.4. The van der Waals surface area contributed by atoms with E-state index in [1.807, 2.05) is 0 Å². The number of rotatable bonds is 10. The Morgan fingerprint density at radius 3 is 1.77 bits per heavy atom. The average Bonchev–Trinajstić information content (AvgIpc) is 4.14. The molecule has 19 nitrogen and oxygen atoms in total. The third-order valence-electron chi connectivity index (χ3n) is 9.57. The van der Waals surface area contributed by atoms with Crippen molar-refractivity contribution in [2.45, 2.75) is 46.4 Å². The predicted octanol–water partition coefficient (Wildman–Crippen LogP) is 7.63. The zero-order valence-corrected chi connectivity index (χ0v) is 36.5. The molecule has 9 aromatic rings. The van der Waals surface area contributed by atoms with Gasteiger partial charge < -0.3 is 18.5 Å². The summed E-state index contributed by atoms with van der Waals surface area (Å²) in [6, 6.07) is 19.5. The highest BCUT2D eigenvalue weighted by Crippen LogP contribution is 2.28. The van der Waals surface area contributed by atoms with Gasteiger partial charge in [-0.1, -0.05) is 58.3 Å². The molecule has 9 rings (SSSR count). The van der Waals surface area contributed by atoms with E-state index in [-0.39, 0.29) is 64.7 Å². The Hall–Kier alpha value is -8.20. The number of hydrogen-bond acceptors (Lipinski definition) is 15. The first-order valence-electron chi connectivity index (χ1n) is 20.0. The molecule has 0 aliphatic carbocycles. The van der Waals surface area contributed by atoms with Crippen molar-refractivity contribution in [3.05, 3.63) is 142 Å². The van der Waals surface area contributed by atoms with Gasteiger partial charge in [0.2, 0.25) is 0 Å². The van der Waals surface area contributed by atoms with E-state index in [0.717, 1.165) is 9.36 Å². The van der Waals surface area contributed by atoms with E-state index in [2.05, 4.69) is 40.4 Å². The van der Waals surface area contributed by atoms with Crippen LogP contribution in [0.1, 0.15) is 49.2 Å². The SMILES string of the molecule is CCOC(=O)c1cnc(-c2cc(-c3ccon3)n(Cc3ccccc3F)n2)nc1Cl.Cn1c(=O)c2cnc(-c3cc(-c4ccon4)n(Cc4ccccc4F)n3)nc2n1C(=O)OC(C)(C)C. The lowest BCUT2D eigenvalue weighted by Crippen LogP contribution is -2.32. The lowest BCUT2D eigenvalue weighted by Gasteiger charge is -2.20. The van der Waals surface area contributed by atoms with Crippen LogP contribution in [0, 0.1) is 11.6 Å². The molecule has 0 spiro atoms. The van der Waals surface area contributed by atoms with Gasteiger partial charge in [-0.3, -0.25) is 14.2 Å². The number of benzene rings is 2. The van der Waals surface area contributed by atoms with Crippen LogP contribution in [0.15, 0.2) is 112 Å². The van der Waals surface area contributed by atoms with E-state index in [0.29, 0.717) is 45.3 Å². The van der Waals surface area contributed by atoms with Crippen LogP contribution in [0.2, 0.25) is 5.15 Å². The highest BCUT2D eigenvalue weighted by molar-refractivity contribution is 6.32. The third kappa shape index (κ3) is 9.36. The summed E-state index contributed by atoms with van der Waals surface area (Å²) < 4.78 is 54.1. The van der Waals surface area contributed by atoms with Gasteiger partial charge in [-0.15, -0.1) is 0 Å². The Morgan fingerprint density at radius 1 is 0.758 bits per heavy atom. The van der Waals surface area contributed by atoms with E-state index < -0.39 is 23.2 Å². The van der Waals surface area contributed by atoms with Gasteiger partial charge in [0.1, 0.15) is 68.6 Å². The molecule has 336 valence electrons. The number of fused-ring (bicyclic) bond motifs is 1. The van der Waals surface area contributed by atoms with Crippen molar-refractivity contribution < 1.29 is 36.9 Å². The van der Waals surface area contributed by atoms with Gasteiger partial charge in [0.25, 0.3) is 5.56 Å². The van der Waals surface area contributed by atoms with Crippen molar-refractivity contribution in [1.29, 1.82) is 0 Å². The van der Waals surface area contributed by atoms with Crippen LogP contribution in [-0.4, -0.2) is 83.4 Å². The van der Waals surface area contributed by atoms with Crippen LogP contribution in [0.3, 0.4) is 0 Å². The summed E-state index contributed by atoms with van der Waals surface area (Å²) in [6.07, 6.45) is 4.72. The van der Waals surface area contributed by atoms with E-state index in [4.69, 9.17) is 30.1 Å². The zero-order valence-electron chi connectivity index (χ0n) is 35.7. The van der Waals surface area contributed by atoms with Crippen LogP contribution in [-0.2, 0) is 29.6 Å². The number of aromatic nitrogens is 12. The molecule has 0 saturated carbocycles. The normalized spacial score (nSPS) is 11.4. The second-order valence-corrected chi connectivity index (χ2v) is 15.6. The number of nitrogens with zero attached hydrogens (tertiary/aromatic N) is 12. The minimum atomic E-state index is -0.780. The van der Waals surface area contributed by atoms with Crippen molar-refractivity contribution in [1.82, 2.24) is 59.2 Å². The minimum Gasteiger partial charge on any atom is -0.462 e. The second-order valence-electron chi connectivity index (χ2n) is 15.3. The molecule has 0 aliphatic rings. The quantitative estimate of drug-likeness (QED) is 0.0951. The number of ether oxygens (including phenoxy) is 2. The predicted molar refractivity (Wildman–Crippen MR) is 232 cm³/mol. The van der Waals surface area contributed by atoms with Crippen molar-refractivity contribution >= 4 is 34.7 Å². The van der Waals surface area contributed by atoms with Gasteiger partial charge in [-0.2, -0.15) is 14.9 Å². The van der Waals surface area contributed by atoms with E-state index >= 15 is 0 Å². The maximum absolute atomic E-state index is 14.4. The zero-order chi connectivity index (χ0) is 46.7. The molecule has 2 aromatic carbocycles. The number of carbonyl (C=O) groups is 2. The Labute approximate surface area is 377 Å². The average molecular weight is 919 g/mol. The van der Waals surface area contributed by atoms with Crippen LogP contribution in [0.25, 0.3) is 56.8 Å². The number of esters is 1. The summed E-state index contributed by atoms with van der Waals surface area (Å²) >= 11 is 6.14. The first kappa shape index (κ1) is 44.4. The molecular formula is C44H37ClF2N12O7. The highest BCUT2D eigenvalue weighted by atomic mass is 35.5. The third-order valence-corrected chi connectivity index (χ3v) is 9.86. The van der Waals surface area contributed by atoms with Crippen molar-refractivity contribution in [2.24, 2.45) is 7.05 Å². The van der Waals surface area contributed by atoms with Crippen LogP contribution >= 0.6 is 11.6 Å². The molecule has 0 N–H and O–H groups in total. The summed E-state index contributed by atoms with van der Waals surface area (Å²) in [5.74, 6) is -0.974. The smallest absolute Gasteiger partial charge is 0.435 e. The number of carbonyl (C=O) groups excluding carboxylic acids is 2. The Balaban J connectivity index is 0.000000182. The molecule has 7 heterocycles. The van der Waals surface area contributed by atoms with Crippen molar-refractivity contribution in [2.75, 3.05) is 6.61 Å². The fraction of sp³-hybridized carbons (Fsp3) is 0.205. The maximum Gasteiger partial charge on any atom is 0.435 e. The van der Waals surface area contributed by atoms with Crippen LogP contribution < -0.4 is 5.56 Å². The molecule has 66 heavy (non-hydrogen) atoms. The molecule has 7 aromatic heterocycles. The van der Waals surface area contributed by atoms with E-state index in [1.165, 1.54) is 44.1 Å². The van der Waals surface area contributed by atoms with Crippen molar-refractivity contribution in [3.63, 3.8) is 0 Å². The standard InChI is InChI=1S/C24H22FN7O4.C20H15ClFN5O3/c1-24(2,3)36-23(34)32-21-15(22(33)30(32)4)12-26-20(27-21)18-11-19(17-9-10-35-29-17)31(28-18)13-14-7-5-6-8-16(14)25;1-2-29-20(28)13-10-23-19(24-18(13)21)16-9-17(15-7-8-30-26-15)27(25-16)11-12-5-3-4-6-14(12)22/h5-12H,13H2,1-4H3;3-10H,2,11H2,1H3. The van der Waals surface area contributed by atoms with Gasteiger partial charge in [0.05, 0.1) is 31.1 Å². The monoisotopic (exact) mass is 918 g/mol. The molecular weight excluding hydrogens is 882 g/mol. The van der Waals surface area contributed by atoms with Gasteiger partial charge in [-0.25, -0.2) is 43.0 Å². The first-order chi connectivity index (χ1) is 31.7. The van der Waals surface area contributed by atoms with Gasteiger partial charge >= 0.3 is 12.1 Å². The fourth-order valence-electron chi connectivity index (χ4n) is 6.53. The lowest BCUT2D eigenvalue weighted by atomic mass is 10.2. The Bertz CT molecular complexity index is 3260. The lowest BCUT2D eigenvalue weighted by molar-refractivity contribution is 0.0498. The van der Waals surface area contributed by atoms with Gasteiger partial charge in [0.15, 0.2) is 17.3 Å². The second kappa shape index (κ2) is 18.5. The summed E-state index contributed by atoms with van der Waals surface area (Å²) in [6.45, 7) is 7.34. The summed E-state index contributed by atoms with van der Waals surface area (Å²) in [7, 11) is 1.44. The molecule has 22 heteroatoms. The van der Waals surface area contributed by atoms with Crippen LogP contribution in [0.5, 0.6) is 0 Å². The molecule has 0 unspecified atom stereocenters. The maximum atomic E-state index is 14.4. The number of hydrogen-bond donors (Lipinski definition) is 0. The van der Waals surface area contributed by atoms with Gasteiger partial charge in [0, 0.05) is 42.7 Å². The van der Waals surface area contributed by atoms with E-state index in [1.54, 1.807) is 97.7 Å². The molecule has 0 fully saturated rings. The van der Waals surface area contributed by atoms with Crippen LogP contribution in [0.4, 0.5) is 13.6 Å². The number of halogens is 3. The Morgan fingerprint density at radius 2 is 1.29 bits per heavy atom.